The van der Waals surface area contributed by atoms with Crippen LogP contribution in [0.4, 0.5) is 10.1 Å². The predicted octanol–water partition coefficient (Wildman–Crippen LogP) is 2.89. The Labute approximate surface area is 133 Å². The first-order valence-corrected chi connectivity index (χ1v) is 7.09. The van der Waals surface area contributed by atoms with Gasteiger partial charge in [-0.1, -0.05) is 0 Å². The Bertz CT molecular complexity index is 712. The van der Waals surface area contributed by atoms with E-state index in [4.69, 9.17) is 9.47 Å². The Morgan fingerprint density at radius 2 is 1.91 bits per heavy atom. The minimum absolute atomic E-state index is 0.0818. The lowest BCUT2D eigenvalue weighted by Crippen LogP contribution is -2.16. The molecule has 0 radical (unpaired) electrons. The average Bonchev–Trinajstić information content (AvgIpc) is 2.51. The lowest BCUT2D eigenvalue weighted by molar-refractivity contribution is 0.102. The normalized spacial score (nSPS) is 10.3. The van der Waals surface area contributed by atoms with Gasteiger partial charge in [0.05, 0.1) is 30.8 Å². The van der Waals surface area contributed by atoms with Crippen LogP contribution < -0.4 is 14.8 Å². The lowest BCUT2D eigenvalue weighted by atomic mass is 10.2. The van der Waals surface area contributed by atoms with Crippen molar-refractivity contribution in [3.8, 4) is 11.8 Å². The maximum absolute atomic E-state index is 13.7. The quantitative estimate of drug-likeness (QED) is 0.917. The molecule has 7 heteroatoms. The zero-order chi connectivity index (χ0) is 17.0. The van der Waals surface area contributed by atoms with Crippen LogP contribution >= 0.6 is 0 Å². The highest BCUT2D eigenvalue weighted by molar-refractivity contribution is 6.04. The monoisotopic (exact) mass is 319 g/mol. The molecule has 0 atom stereocenters. The van der Waals surface area contributed by atoms with Crippen molar-refractivity contribution in [3.63, 3.8) is 0 Å². The highest BCUT2D eigenvalue weighted by Gasteiger charge is 2.15. The predicted molar refractivity (Wildman–Crippen MR) is 83.6 cm³/mol. The zero-order valence-electron chi connectivity index (χ0n) is 13.4. The summed E-state index contributed by atoms with van der Waals surface area (Å²) in [7, 11) is 1.36. The van der Waals surface area contributed by atoms with Crippen molar-refractivity contribution in [2.45, 2.75) is 20.8 Å². The number of rotatable bonds is 5. The summed E-state index contributed by atoms with van der Waals surface area (Å²) < 4.78 is 23.8. The van der Waals surface area contributed by atoms with Crippen LogP contribution in [-0.2, 0) is 0 Å². The van der Waals surface area contributed by atoms with E-state index in [-0.39, 0.29) is 17.3 Å². The molecule has 1 aromatic heterocycles. The average molecular weight is 319 g/mol. The third-order valence-corrected chi connectivity index (χ3v) is 3.18. The fraction of sp³-hybridized carbons (Fsp3) is 0.312. The molecule has 0 spiro atoms. The van der Waals surface area contributed by atoms with E-state index in [0.29, 0.717) is 23.7 Å². The molecule has 23 heavy (non-hydrogen) atoms. The van der Waals surface area contributed by atoms with Crippen molar-refractivity contribution in [1.29, 1.82) is 0 Å². The van der Waals surface area contributed by atoms with Crippen molar-refractivity contribution in [1.82, 2.24) is 9.97 Å². The molecule has 2 rings (SSSR count). The molecule has 0 aliphatic heterocycles. The highest BCUT2D eigenvalue weighted by atomic mass is 19.1. The fourth-order valence-electron chi connectivity index (χ4n) is 2.05. The molecule has 0 aliphatic carbocycles. The van der Waals surface area contributed by atoms with Crippen molar-refractivity contribution >= 4 is 11.6 Å². The second-order valence-electron chi connectivity index (χ2n) is 4.79. The summed E-state index contributed by atoms with van der Waals surface area (Å²) >= 11 is 0. The number of aryl methyl sites for hydroxylation is 2. The first-order chi connectivity index (χ1) is 11.0. The molecule has 0 saturated carbocycles. The number of nitrogens with one attached hydrogen (secondary N) is 1. The van der Waals surface area contributed by atoms with E-state index in [9.17, 15) is 9.18 Å². The van der Waals surface area contributed by atoms with Crippen molar-refractivity contribution in [2.75, 3.05) is 19.0 Å². The van der Waals surface area contributed by atoms with Gasteiger partial charge in [-0.05, 0) is 39.0 Å². The molecule has 0 fully saturated rings. The largest absolute Gasteiger partial charge is 0.494 e. The van der Waals surface area contributed by atoms with Gasteiger partial charge < -0.3 is 14.8 Å². The number of amides is 1. The third kappa shape index (κ3) is 3.74. The second-order valence-corrected chi connectivity index (χ2v) is 4.79. The maximum atomic E-state index is 13.7. The minimum atomic E-state index is -0.600. The Hall–Kier alpha value is -2.70. The number of nitrogens with zero attached hydrogens (tertiary/aromatic N) is 2. The Kier molecular flexibility index (Phi) is 5.10. The Morgan fingerprint density at radius 3 is 2.43 bits per heavy atom. The molecule has 2 aromatic rings. The van der Waals surface area contributed by atoms with Crippen LogP contribution in [0.2, 0.25) is 0 Å². The van der Waals surface area contributed by atoms with E-state index in [1.807, 2.05) is 6.92 Å². The number of aromatic nitrogens is 2. The summed E-state index contributed by atoms with van der Waals surface area (Å²) in [6.07, 6.45) is 0. The number of halogens is 1. The van der Waals surface area contributed by atoms with Gasteiger partial charge in [0, 0.05) is 5.56 Å². The summed E-state index contributed by atoms with van der Waals surface area (Å²) in [5, 5.41) is 2.70. The molecule has 0 bridgehead atoms. The van der Waals surface area contributed by atoms with Gasteiger partial charge in [-0.15, -0.1) is 0 Å². The summed E-state index contributed by atoms with van der Waals surface area (Å²) in [4.78, 5) is 20.6. The number of anilines is 1. The third-order valence-electron chi connectivity index (χ3n) is 3.18. The number of hydrogen-bond acceptors (Lipinski definition) is 5. The van der Waals surface area contributed by atoms with E-state index >= 15 is 0 Å². The van der Waals surface area contributed by atoms with Crippen molar-refractivity contribution in [3.05, 3.63) is 41.0 Å². The molecule has 1 N–H and O–H groups in total. The summed E-state index contributed by atoms with van der Waals surface area (Å²) in [5.41, 5.74) is 1.80. The standard InChI is InChI=1S/C16H18FN3O3/c1-5-23-16-18-9(2)14(10(3)19-16)20-15(21)11-6-7-13(22-4)12(17)8-11/h6-8H,5H2,1-4H3,(H,20,21). The van der Waals surface area contributed by atoms with Gasteiger partial charge in [0.1, 0.15) is 0 Å². The number of carbonyl (C=O) groups excluding carboxylic acids is 1. The molecular formula is C16H18FN3O3. The van der Waals surface area contributed by atoms with Gasteiger partial charge >= 0.3 is 6.01 Å². The van der Waals surface area contributed by atoms with E-state index in [2.05, 4.69) is 15.3 Å². The minimum Gasteiger partial charge on any atom is -0.494 e. The van der Waals surface area contributed by atoms with Gasteiger partial charge in [-0.3, -0.25) is 4.79 Å². The molecule has 1 aromatic carbocycles. The van der Waals surface area contributed by atoms with Gasteiger partial charge in [-0.2, -0.15) is 9.97 Å². The summed E-state index contributed by atoms with van der Waals surface area (Å²) in [6, 6.07) is 4.26. The van der Waals surface area contributed by atoms with E-state index in [1.165, 1.54) is 19.2 Å². The Morgan fingerprint density at radius 1 is 1.26 bits per heavy atom. The zero-order valence-corrected chi connectivity index (χ0v) is 13.4. The van der Waals surface area contributed by atoms with Crippen molar-refractivity contribution < 1.29 is 18.7 Å². The molecule has 1 heterocycles. The van der Waals surface area contributed by atoms with Gasteiger partial charge in [0.25, 0.3) is 5.91 Å². The molecule has 1 amide bonds. The van der Waals surface area contributed by atoms with Gasteiger partial charge in [-0.25, -0.2) is 4.39 Å². The molecule has 6 nitrogen and oxygen atoms in total. The van der Waals surface area contributed by atoms with Crippen LogP contribution in [0.3, 0.4) is 0 Å². The van der Waals surface area contributed by atoms with Crippen LogP contribution in [0.5, 0.6) is 11.8 Å². The van der Waals surface area contributed by atoms with Crippen LogP contribution in [0, 0.1) is 19.7 Å². The fourth-order valence-corrected chi connectivity index (χ4v) is 2.05. The maximum Gasteiger partial charge on any atom is 0.316 e. The molecule has 122 valence electrons. The van der Waals surface area contributed by atoms with Gasteiger partial charge in [0.15, 0.2) is 11.6 Å². The topological polar surface area (TPSA) is 73.3 Å². The van der Waals surface area contributed by atoms with Crippen LogP contribution in [0.15, 0.2) is 18.2 Å². The van der Waals surface area contributed by atoms with Crippen molar-refractivity contribution in [2.24, 2.45) is 0 Å². The van der Waals surface area contributed by atoms with Crippen LogP contribution in [0.25, 0.3) is 0 Å². The first-order valence-electron chi connectivity index (χ1n) is 7.09. The second kappa shape index (κ2) is 7.04. The Balaban J connectivity index is 2.25. The summed E-state index contributed by atoms with van der Waals surface area (Å²) in [6.45, 7) is 5.76. The number of methoxy groups -OCH3 is 1. The number of carbonyl (C=O) groups is 1. The van der Waals surface area contributed by atoms with Crippen LogP contribution in [0.1, 0.15) is 28.7 Å². The smallest absolute Gasteiger partial charge is 0.316 e. The highest BCUT2D eigenvalue weighted by Crippen LogP contribution is 2.22. The van der Waals surface area contributed by atoms with E-state index in [0.717, 1.165) is 6.07 Å². The summed E-state index contributed by atoms with van der Waals surface area (Å²) in [5.74, 6) is -0.972. The lowest BCUT2D eigenvalue weighted by Gasteiger charge is -2.12. The van der Waals surface area contributed by atoms with E-state index in [1.54, 1.807) is 13.8 Å². The number of hydrogen-bond donors (Lipinski definition) is 1. The van der Waals surface area contributed by atoms with Crippen LogP contribution in [-0.4, -0.2) is 29.6 Å². The molecule has 0 aliphatic rings. The molecule has 0 unspecified atom stereocenters. The molecule has 0 saturated heterocycles. The van der Waals surface area contributed by atoms with E-state index < -0.39 is 11.7 Å². The van der Waals surface area contributed by atoms with Gasteiger partial charge in [0.2, 0.25) is 0 Å². The number of ether oxygens (including phenoxy) is 2. The molecular weight excluding hydrogens is 301 g/mol. The first kappa shape index (κ1) is 16.7. The SMILES string of the molecule is CCOc1nc(C)c(NC(=O)c2ccc(OC)c(F)c2)c(C)n1. The number of benzene rings is 1.